The summed E-state index contributed by atoms with van der Waals surface area (Å²) in [7, 11) is 0. The summed E-state index contributed by atoms with van der Waals surface area (Å²) in [6.45, 7) is 3.44. The van der Waals surface area contributed by atoms with E-state index in [1.165, 1.54) is 0 Å². The predicted molar refractivity (Wildman–Crippen MR) is 105 cm³/mol. The van der Waals surface area contributed by atoms with E-state index in [1.54, 1.807) is 6.20 Å². The zero-order chi connectivity index (χ0) is 18.8. The molecule has 2 N–H and O–H groups in total. The summed E-state index contributed by atoms with van der Waals surface area (Å²) < 4.78 is 0. The third-order valence-electron chi connectivity index (χ3n) is 4.75. The smallest absolute Gasteiger partial charge is 0.220 e. The minimum atomic E-state index is 0.0275. The summed E-state index contributed by atoms with van der Waals surface area (Å²) in [6.07, 6.45) is 2.95. The largest absolute Gasteiger partial charge is 0.368 e. The Morgan fingerprint density at radius 3 is 2.81 bits per heavy atom. The van der Waals surface area contributed by atoms with Gasteiger partial charge in [0.1, 0.15) is 5.69 Å². The highest BCUT2D eigenvalue weighted by Gasteiger charge is 2.20. The summed E-state index contributed by atoms with van der Waals surface area (Å²) in [4.78, 5) is 27.8. The number of hydrogen-bond donors (Lipinski definition) is 1. The van der Waals surface area contributed by atoms with Gasteiger partial charge in [0.25, 0.3) is 0 Å². The van der Waals surface area contributed by atoms with E-state index in [0.29, 0.717) is 24.6 Å². The monoisotopic (exact) mass is 359 g/mol. The van der Waals surface area contributed by atoms with Gasteiger partial charge in [-0.05, 0) is 24.6 Å². The third kappa shape index (κ3) is 3.79. The Kier molecular flexibility index (Phi) is 4.54. The highest BCUT2D eigenvalue weighted by atomic mass is 16.1. The maximum atomic E-state index is 12.7. The van der Waals surface area contributed by atoms with Crippen LogP contribution in [0, 0.1) is 6.92 Å². The lowest BCUT2D eigenvalue weighted by atomic mass is 10.0. The van der Waals surface area contributed by atoms with Crippen LogP contribution >= 0.6 is 0 Å². The van der Waals surface area contributed by atoms with E-state index in [-0.39, 0.29) is 5.78 Å². The molecule has 6 heteroatoms. The van der Waals surface area contributed by atoms with Crippen molar-refractivity contribution in [2.24, 2.45) is 0 Å². The molecule has 0 amide bonds. The van der Waals surface area contributed by atoms with Crippen molar-refractivity contribution < 1.29 is 4.79 Å². The SMILES string of the molecule is Cc1cc(N2CCc3nc(N)ncc3C2)cc(C(=O)Cc2ccccc2)n1. The Hall–Kier alpha value is -3.28. The second-order valence-corrected chi connectivity index (χ2v) is 6.81. The van der Waals surface area contributed by atoms with Crippen molar-refractivity contribution in [3.8, 4) is 0 Å². The summed E-state index contributed by atoms with van der Waals surface area (Å²) in [6, 6.07) is 13.7. The molecular formula is C21H21N5O. The van der Waals surface area contributed by atoms with Gasteiger partial charge >= 0.3 is 0 Å². The Balaban J connectivity index is 1.57. The standard InChI is InChI=1S/C21H21N5O/c1-14-9-17(26-8-7-18-16(13-26)12-23-21(22)25-18)11-19(24-14)20(27)10-15-5-3-2-4-6-15/h2-6,9,11-12H,7-8,10,13H2,1H3,(H2,22,23,25). The van der Waals surface area contributed by atoms with Crippen molar-refractivity contribution in [2.75, 3.05) is 17.2 Å². The topological polar surface area (TPSA) is 85.0 Å². The Labute approximate surface area is 158 Å². The number of carbonyl (C=O) groups is 1. The molecule has 0 aliphatic carbocycles. The van der Waals surface area contributed by atoms with Crippen LogP contribution in [0.25, 0.3) is 0 Å². The van der Waals surface area contributed by atoms with Crippen LogP contribution in [-0.4, -0.2) is 27.3 Å². The van der Waals surface area contributed by atoms with Gasteiger partial charge in [0.2, 0.25) is 5.95 Å². The molecule has 0 unspecified atom stereocenters. The molecule has 0 saturated carbocycles. The van der Waals surface area contributed by atoms with Gasteiger partial charge in [0.15, 0.2) is 5.78 Å². The highest BCUT2D eigenvalue weighted by Crippen LogP contribution is 2.25. The maximum absolute atomic E-state index is 12.7. The molecule has 0 bridgehead atoms. The number of nitrogen functional groups attached to an aromatic ring is 1. The van der Waals surface area contributed by atoms with Gasteiger partial charge in [-0.3, -0.25) is 4.79 Å². The fourth-order valence-electron chi connectivity index (χ4n) is 3.40. The van der Waals surface area contributed by atoms with Gasteiger partial charge in [0.05, 0.1) is 5.69 Å². The lowest BCUT2D eigenvalue weighted by molar-refractivity contribution is 0.0988. The molecule has 1 aliphatic rings. The van der Waals surface area contributed by atoms with Crippen molar-refractivity contribution >= 4 is 17.4 Å². The molecule has 4 rings (SSSR count). The van der Waals surface area contributed by atoms with Gasteiger partial charge < -0.3 is 10.6 Å². The van der Waals surface area contributed by atoms with E-state index in [9.17, 15) is 4.79 Å². The van der Waals surface area contributed by atoms with Crippen LogP contribution < -0.4 is 10.6 Å². The normalized spacial score (nSPS) is 13.3. The Bertz CT molecular complexity index is 987. The van der Waals surface area contributed by atoms with Gasteiger partial charge in [-0.2, -0.15) is 0 Å². The molecule has 0 saturated heterocycles. The molecule has 27 heavy (non-hydrogen) atoms. The number of aromatic nitrogens is 3. The van der Waals surface area contributed by atoms with E-state index in [1.807, 2.05) is 49.4 Å². The number of hydrogen-bond acceptors (Lipinski definition) is 6. The molecular weight excluding hydrogens is 338 g/mol. The number of anilines is 2. The summed E-state index contributed by atoms with van der Waals surface area (Å²) >= 11 is 0. The molecule has 3 aromatic rings. The van der Waals surface area contributed by atoms with Crippen molar-refractivity contribution in [3.05, 3.63) is 76.9 Å². The summed E-state index contributed by atoms with van der Waals surface area (Å²) in [5.41, 5.74) is 11.1. The number of ketones is 1. The van der Waals surface area contributed by atoms with Crippen molar-refractivity contribution in [1.82, 2.24) is 15.0 Å². The first-order chi connectivity index (χ1) is 13.1. The van der Waals surface area contributed by atoms with Crippen LogP contribution in [-0.2, 0) is 19.4 Å². The Morgan fingerprint density at radius 1 is 1.19 bits per heavy atom. The number of benzene rings is 1. The zero-order valence-electron chi connectivity index (χ0n) is 15.2. The number of pyridine rings is 1. The third-order valence-corrected chi connectivity index (χ3v) is 4.75. The number of carbonyl (C=O) groups excluding carboxylic acids is 1. The number of nitrogens with two attached hydrogens (primary N) is 1. The predicted octanol–water partition coefficient (Wildman–Crippen LogP) is 2.75. The van der Waals surface area contributed by atoms with Crippen LogP contribution in [0.4, 0.5) is 11.6 Å². The van der Waals surface area contributed by atoms with E-state index in [2.05, 4.69) is 19.9 Å². The minimum Gasteiger partial charge on any atom is -0.368 e. The van der Waals surface area contributed by atoms with Crippen LogP contribution in [0.2, 0.25) is 0 Å². The molecule has 1 aromatic carbocycles. The summed E-state index contributed by atoms with van der Waals surface area (Å²) in [5.74, 6) is 0.343. The fourth-order valence-corrected chi connectivity index (χ4v) is 3.40. The molecule has 1 aliphatic heterocycles. The highest BCUT2D eigenvalue weighted by molar-refractivity contribution is 5.96. The molecule has 2 aromatic heterocycles. The first-order valence-corrected chi connectivity index (χ1v) is 8.99. The minimum absolute atomic E-state index is 0.0275. The maximum Gasteiger partial charge on any atom is 0.220 e. The van der Waals surface area contributed by atoms with Crippen LogP contribution in [0.1, 0.15) is 33.0 Å². The quantitative estimate of drug-likeness (QED) is 0.721. The van der Waals surface area contributed by atoms with E-state index >= 15 is 0 Å². The molecule has 6 nitrogen and oxygen atoms in total. The van der Waals surface area contributed by atoms with Crippen LogP contribution in [0.5, 0.6) is 0 Å². The van der Waals surface area contributed by atoms with Gasteiger partial charge in [-0.1, -0.05) is 30.3 Å². The van der Waals surface area contributed by atoms with Gasteiger partial charge in [0, 0.05) is 49.1 Å². The molecule has 3 heterocycles. The van der Waals surface area contributed by atoms with E-state index in [0.717, 1.165) is 41.2 Å². The average Bonchev–Trinajstić information content (AvgIpc) is 2.68. The number of Topliss-reactive ketones (excluding diaryl/α,β-unsaturated/α-hetero) is 1. The van der Waals surface area contributed by atoms with Crippen LogP contribution in [0.3, 0.4) is 0 Å². The van der Waals surface area contributed by atoms with Crippen molar-refractivity contribution in [3.63, 3.8) is 0 Å². The molecule has 0 fully saturated rings. The molecule has 0 radical (unpaired) electrons. The number of fused-ring (bicyclic) bond motifs is 1. The van der Waals surface area contributed by atoms with Crippen LogP contribution in [0.15, 0.2) is 48.7 Å². The van der Waals surface area contributed by atoms with Crippen molar-refractivity contribution in [1.29, 1.82) is 0 Å². The molecule has 0 atom stereocenters. The number of nitrogens with zero attached hydrogens (tertiary/aromatic N) is 4. The number of aryl methyl sites for hydroxylation is 1. The second-order valence-electron chi connectivity index (χ2n) is 6.81. The van der Waals surface area contributed by atoms with Gasteiger partial charge in [-0.15, -0.1) is 0 Å². The van der Waals surface area contributed by atoms with Crippen molar-refractivity contribution in [2.45, 2.75) is 26.3 Å². The second kappa shape index (κ2) is 7.15. The zero-order valence-corrected chi connectivity index (χ0v) is 15.2. The fraction of sp³-hybridized carbons (Fsp3) is 0.238. The molecule has 0 spiro atoms. The first kappa shape index (κ1) is 17.1. The average molecular weight is 359 g/mol. The van der Waals surface area contributed by atoms with E-state index < -0.39 is 0 Å². The van der Waals surface area contributed by atoms with Gasteiger partial charge in [-0.25, -0.2) is 15.0 Å². The Morgan fingerprint density at radius 2 is 2.00 bits per heavy atom. The lowest BCUT2D eigenvalue weighted by Gasteiger charge is -2.30. The molecule has 136 valence electrons. The lowest BCUT2D eigenvalue weighted by Crippen LogP contribution is -2.31. The van der Waals surface area contributed by atoms with E-state index in [4.69, 9.17) is 5.73 Å². The number of rotatable bonds is 4. The first-order valence-electron chi connectivity index (χ1n) is 8.99. The summed E-state index contributed by atoms with van der Waals surface area (Å²) in [5, 5.41) is 0.